The average molecular weight is 340 g/mol. The number of nitrogens with zero attached hydrogens (tertiary/aromatic N) is 3. The molecule has 0 saturated carbocycles. The Morgan fingerprint density at radius 1 is 1.38 bits per heavy atom. The van der Waals surface area contributed by atoms with E-state index >= 15 is 0 Å². The van der Waals surface area contributed by atoms with Crippen LogP contribution >= 0.6 is 11.8 Å². The highest BCUT2D eigenvalue weighted by atomic mass is 32.2. The van der Waals surface area contributed by atoms with Crippen LogP contribution in [0.15, 0.2) is 53.1 Å². The number of nitrogens with two attached hydrogens (primary N) is 1. The van der Waals surface area contributed by atoms with Gasteiger partial charge in [-0.3, -0.25) is 9.36 Å². The van der Waals surface area contributed by atoms with Gasteiger partial charge in [0.05, 0.1) is 5.75 Å². The van der Waals surface area contributed by atoms with Crippen molar-refractivity contribution in [1.29, 1.82) is 5.26 Å². The highest BCUT2D eigenvalue weighted by Crippen LogP contribution is 2.23. The third-order valence-corrected chi connectivity index (χ3v) is 4.53. The number of rotatable bonds is 6. The maximum absolute atomic E-state index is 12.1. The number of ketones is 1. The predicted molar refractivity (Wildman–Crippen MR) is 95.9 cm³/mol. The van der Waals surface area contributed by atoms with Gasteiger partial charge in [-0.15, -0.1) is 0 Å². The summed E-state index contributed by atoms with van der Waals surface area (Å²) in [5, 5.41) is 9.69. The number of benzene rings is 1. The molecule has 124 valence electrons. The van der Waals surface area contributed by atoms with E-state index in [1.807, 2.05) is 29.0 Å². The van der Waals surface area contributed by atoms with Gasteiger partial charge in [-0.1, -0.05) is 37.7 Å². The lowest BCUT2D eigenvalue weighted by atomic mass is 10.0. The van der Waals surface area contributed by atoms with Crippen LogP contribution < -0.4 is 5.73 Å². The monoisotopic (exact) mass is 340 g/mol. The smallest absolute Gasteiger partial charge is 0.185 e. The Morgan fingerprint density at radius 3 is 2.58 bits per heavy atom. The number of carbonyl (C=O) groups is 1. The number of nitriles is 1. The molecular formula is C18H20N4OS. The Balaban J connectivity index is 2.15. The van der Waals surface area contributed by atoms with E-state index < -0.39 is 0 Å². The van der Waals surface area contributed by atoms with Crippen LogP contribution in [0.2, 0.25) is 0 Å². The summed E-state index contributed by atoms with van der Waals surface area (Å²) in [6.07, 6.45) is 3.55. The summed E-state index contributed by atoms with van der Waals surface area (Å²) in [4.78, 5) is 16.4. The number of carbonyl (C=O) groups excluding carboxylic acids is 1. The van der Waals surface area contributed by atoms with Crippen LogP contribution in [0.4, 0.5) is 0 Å². The van der Waals surface area contributed by atoms with Gasteiger partial charge in [0.1, 0.15) is 11.6 Å². The second-order valence-electron chi connectivity index (χ2n) is 5.71. The van der Waals surface area contributed by atoms with Gasteiger partial charge in [-0.05, 0) is 30.5 Å². The van der Waals surface area contributed by atoms with Gasteiger partial charge in [-0.25, -0.2) is 4.98 Å². The quantitative estimate of drug-likeness (QED) is 0.495. The van der Waals surface area contributed by atoms with E-state index in [4.69, 9.17) is 11.0 Å². The largest absolute Gasteiger partial charge is 0.401 e. The van der Waals surface area contributed by atoms with Crippen LogP contribution in [0.25, 0.3) is 5.69 Å². The zero-order valence-corrected chi connectivity index (χ0v) is 14.8. The number of Topliss-reactive ketones (excluding diaryl/α,β-unsaturated/α-hetero) is 1. The Labute approximate surface area is 146 Å². The van der Waals surface area contributed by atoms with Crippen molar-refractivity contribution in [3.05, 3.63) is 53.5 Å². The minimum atomic E-state index is -0.285. The van der Waals surface area contributed by atoms with Crippen LogP contribution in [-0.4, -0.2) is 21.1 Å². The van der Waals surface area contributed by atoms with Crippen LogP contribution in [-0.2, 0) is 4.79 Å². The second kappa shape index (κ2) is 7.84. The molecule has 2 rings (SSSR count). The molecule has 0 saturated heterocycles. The number of imidazole rings is 1. The molecule has 0 radical (unpaired) electrons. The molecule has 24 heavy (non-hydrogen) atoms. The minimum absolute atomic E-state index is 0.0156. The predicted octanol–water partition coefficient (Wildman–Crippen LogP) is 3.41. The fourth-order valence-electron chi connectivity index (χ4n) is 2.19. The van der Waals surface area contributed by atoms with Crippen LogP contribution in [0.3, 0.4) is 0 Å². The van der Waals surface area contributed by atoms with Gasteiger partial charge in [0.2, 0.25) is 0 Å². The topological polar surface area (TPSA) is 84.7 Å². The molecule has 0 aliphatic rings. The first-order valence-electron chi connectivity index (χ1n) is 7.60. The number of allylic oxidation sites excluding steroid dienone is 2. The fourth-order valence-corrected chi connectivity index (χ4v) is 3.03. The Bertz CT molecular complexity index is 793. The second-order valence-corrected chi connectivity index (χ2v) is 6.65. The molecule has 1 aromatic carbocycles. The van der Waals surface area contributed by atoms with Gasteiger partial charge >= 0.3 is 0 Å². The van der Waals surface area contributed by atoms with Gasteiger partial charge in [-0.2, -0.15) is 5.26 Å². The first-order chi connectivity index (χ1) is 11.4. The summed E-state index contributed by atoms with van der Waals surface area (Å²) in [5.41, 5.74) is 8.08. The molecule has 0 spiro atoms. The zero-order valence-electron chi connectivity index (χ0n) is 14.0. The van der Waals surface area contributed by atoms with Crippen molar-refractivity contribution in [2.24, 2.45) is 5.73 Å². The molecule has 6 heteroatoms. The molecule has 0 bridgehead atoms. The molecule has 0 amide bonds. The maximum Gasteiger partial charge on any atom is 0.185 e. The van der Waals surface area contributed by atoms with Gasteiger partial charge in [0.15, 0.2) is 10.9 Å². The lowest BCUT2D eigenvalue weighted by molar-refractivity contribution is -0.112. The molecule has 0 aliphatic heterocycles. The summed E-state index contributed by atoms with van der Waals surface area (Å²) < 4.78 is 1.92. The highest BCUT2D eigenvalue weighted by molar-refractivity contribution is 7.99. The first-order valence-corrected chi connectivity index (χ1v) is 8.58. The van der Waals surface area contributed by atoms with Crippen molar-refractivity contribution in [1.82, 2.24) is 9.55 Å². The lowest BCUT2D eigenvalue weighted by Crippen LogP contribution is -2.10. The third kappa shape index (κ3) is 4.06. The molecule has 0 aliphatic carbocycles. The Morgan fingerprint density at radius 2 is 2.04 bits per heavy atom. The lowest BCUT2D eigenvalue weighted by Gasteiger charge is -2.10. The van der Waals surface area contributed by atoms with E-state index in [-0.39, 0.29) is 22.8 Å². The van der Waals surface area contributed by atoms with E-state index in [0.717, 1.165) is 5.69 Å². The average Bonchev–Trinajstić information content (AvgIpc) is 3.01. The van der Waals surface area contributed by atoms with Gasteiger partial charge in [0.25, 0.3) is 0 Å². The van der Waals surface area contributed by atoms with Crippen molar-refractivity contribution in [2.45, 2.75) is 31.8 Å². The van der Waals surface area contributed by atoms with Gasteiger partial charge < -0.3 is 5.73 Å². The summed E-state index contributed by atoms with van der Waals surface area (Å²) in [6.45, 7) is 5.86. The maximum atomic E-state index is 12.1. The number of aromatic nitrogens is 2. The van der Waals surface area contributed by atoms with Crippen molar-refractivity contribution >= 4 is 17.5 Å². The molecule has 1 heterocycles. The summed E-state index contributed by atoms with van der Waals surface area (Å²) >= 11 is 1.29. The SMILES string of the molecule is C/C(N)=C(/C#N)C(=O)CSc1nccn1-c1ccc(C(C)C)cc1. The molecular weight excluding hydrogens is 320 g/mol. The molecule has 5 nitrogen and oxygen atoms in total. The van der Waals surface area contributed by atoms with Crippen LogP contribution in [0.5, 0.6) is 0 Å². The zero-order chi connectivity index (χ0) is 17.7. The Kier molecular flexibility index (Phi) is 5.83. The van der Waals surface area contributed by atoms with Crippen molar-refractivity contribution in [3.8, 4) is 11.8 Å². The van der Waals surface area contributed by atoms with E-state index in [1.165, 1.54) is 17.3 Å². The Hall–Kier alpha value is -2.52. The standard InChI is InChI=1S/C18H20N4OS/c1-12(2)14-4-6-15(7-5-14)22-9-8-21-18(22)24-11-17(23)16(10-19)13(3)20/h4-9,12H,11,20H2,1-3H3/b16-13+. The summed E-state index contributed by atoms with van der Waals surface area (Å²) in [6, 6.07) is 10.1. The molecule has 2 aromatic rings. The fraction of sp³-hybridized carbons (Fsp3) is 0.278. The van der Waals surface area contributed by atoms with Crippen molar-refractivity contribution < 1.29 is 4.79 Å². The van der Waals surface area contributed by atoms with E-state index in [0.29, 0.717) is 11.1 Å². The van der Waals surface area contributed by atoms with Crippen LogP contribution in [0, 0.1) is 11.3 Å². The molecule has 2 N–H and O–H groups in total. The van der Waals surface area contributed by atoms with E-state index in [9.17, 15) is 4.79 Å². The van der Waals surface area contributed by atoms with E-state index in [1.54, 1.807) is 13.1 Å². The molecule has 1 aromatic heterocycles. The van der Waals surface area contributed by atoms with Crippen molar-refractivity contribution in [3.63, 3.8) is 0 Å². The highest BCUT2D eigenvalue weighted by Gasteiger charge is 2.14. The summed E-state index contributed by atoms with van der Waals surface area (Å²) in [5.74, 6) is 0.314. The number of hydrogen-bond donors (Lipinski definition) is 1. The number of hydrogen-bond acceptors (Lipinski definition) is 5. The van der Waals surface area contributed by atoms with Crippen molar-refractivity contribution in [2.75, 3.05) is 5.75 Å². The summed E-state index contributed by atoms with van der Waals surface area (Å²) in [7, 11) is 0. The first kappa shape index (κ1) is 17.8. The number of thioether (sulfide) groups is 1. The van der Waals surface area contributed by atoms with Gasteiger partial charge in [0, 0.05) is 23.8 Å². The molecule has 0 fully saturated rings. The minimum Gasteiger partial charge on any atom is -0.401 e. The molecule has 0 atom stereocenters. The van der Waals surface area contributed by atoms with E-state index in [2.05, 4.69) is 31.0 Å². The molecule has 0 unspecified atom stereocenters. The normalized spacial score (nSPS) is 12.0. The third-order valence-electron chi connectivity index (χ3n) is 3.56. The van der Waals surface area contributed by atoms with Crippen LogP contribution in [0.1, 0.15) is 32.3 Å².